The second-order valence-corrected chi connectivity index (χ2v) is 2.74. The third-order valence-electron chi connectivity index (χ3n) is 1.58. The SMILES string of the molecule is CC(N)(c1nc(N)n[nH]1)C(F)(F)F. The van der Waals surface area contributed by atoms with Gasteiger partial charge in [-0.2, -0.15) is 18.2 Å². The second kappa shape index (κ2) is 2.59. The van der Waals surface area contributed by atoms with Crippen molar-refractivity contribution in [2.75, 3.05) is 5.73 Å². The maximum absolute atomic E-state index is 12.3. The van der Waals surface area contributed by atoms with E-state index < -0.39 is 17.5 Å². The molecular weight excluding hydrogens is 187 g/mol. The molecule has 1 aromatic rings. The molecule has 0 saturated carbocycles. The van der Waals surface area contributed by atoms with E-state index in [4.69, 9.17) is 11.5 Å². The summed E-state index contributed by atoms with van der Waals surface area (Å²) in [7, 11) is 0. The Labute approximate surface area is 71.3 Å². The smallest absolute Gasteiger partial charge is 0.367 e. The lowest BCUT2D eigenvalue weighted by atomic mass is 10.0. The maximum atomic E-state index is 12.3. The number of nitrogen functional groups attached to an aromatic ring is 1. The minimum absolute atomic E-state index is 0.268. The molecule has 1 rings (SSSR count). The van der Waals surface area contributed by atoms with Crippen LogP contribution in [0.25, 0.3) is 0 Å². The van der Waals surface area contributed by atoms with Crippen LogP contribution in [0.15, 0.2) is 0 Å². The van der Waals surface area contributed by atoms with Gasteiger partial charge in [0.15, 0.2) is 11.4 Å². The van der Waals surface area contributed by atoms with Gasteiger partial charge in [-0.1, -0.05) is 0 Å². The van der Waals surface area contributed by atoms with E-state index in [1.54, 1.807) is 0 Å². The molecule has 13 heavy (non-hydrogen) atoms. The van der Waals surface area contributed by atoms with E-state index in [9.17, 15) is 13.2 Å². The minimum atomic E-state index is -4.60. The van der Waals surface area contributed by atoms with E-state index >= 15 is 0 Å². The summed E-state index contributed by atoms with van der Waals surface area (Å²) >= 11 is 0. The molecule has 1 heterocycles. The Hall–Kier alpha value is -1.31. The van der Waals surface area contributed by atoms with Crippen LogP contribution in [0.3, 0.4) is 0 Å². The molecule has 74 valence electrons. The molecule has 1 aromatic heterocycles. The van der Waals surface area contributed by atoms with Crippen LogP contribution >= 0.6 is 0 Å². The Morgan fingerprint density at radius 1 is 1.38 bits per heavy atom. The molecule has 0 aliphatic rings. The molecule has 0 aliphatic carbocycles. The Bertz CT molecular complexity index is 301. The van der Waals surface area contributed by atoms with Gasteiger partial charge in [-0.3, -0.25) is 5.10 Å². The van der Waals surface area contributed by atoms with E-state index in [1.807, 2.05) is 5.10 Å². The summed E-state index contributed by atoms with van der Waals surface area (Å²) in [6.07, 6.45) is -4.60. The molecule has 0 fully saturated rings. The van der Waals surface area contributed by atoms with Crippen LogP contribution in [0, 0.1) is 0 Å². The molecule has 8 heteroatoms. The third-order valence-corrected chi connectivity index (χ3v) is 1.58. The number of nitrogens with two attached hydrogens (primary N) is 2. The minimum Gasteiger partial charge on any atom is -0.367 e. The first-order valence-electron chi connectivity index (χ1n) is 3.29. The zero-order valence-electron chi connectivity index (χ0n) is 6.68. The number of nitrogens with zero attached hydrogens (tertiary/aromatic N) is 2. The zero-order chi connectivity index (χ0) is 10.3. The lowest BCUT2D eigenvalue weighted by Crippen LogP contribution is -2.48. The number of halogens is 3. The average molecular weight is 195 g/mol. The number of anilines is 1. The molecule has 0 radical (unpaired) electrons. The van der Waals surface area contributed by atoms with E-state index in [0.717, 1.165) is 6.92 Å². The quantitative estimate of drug-likeness (QED) is 0.593. The van der Waals surface area contributed by atoms with Crippen molar-refractivity contribution < 1.29 is 13.2 Å². The first-order chi connectivity index (χ1) is 5.75. The normalized spacial score (nSPS) is 17.0. The van der Waals surface area contributed by atoms with Gasteiger partial charge in [0.2, 0.25) is 5.95 Å². The molecule has 5 N–H and O–H groups in total. The van der Waals surface area contributed by atoms with Crippen LogP contribution in [-0.2, 0) is 5.54 Å². The monoisotopic (exact) mass is 195 g/mol. The van der Waals surface area contributed by atoms with Crippen molar-refractivity contribution in [3.05, 3.63) is 5.82 Å². The fourth-order valence-corrected chi connectivity index (χ4v) is 0.641. The Balaban J connectivity index is 3.07. The largest absolute Gasteiger partial charge is 0.413 e. The van der Waals surface area contributed by atoms with Crippen LogP contribution in [0.2, 0.25) is 0 Å². The topological polar surface area (TPSA) is 93.6 Å². The Kier molecular flexibility index (Phi) is 1.95. The second-order valence-electron chi connectivity index (χ2n) is 2.74. The third kappa shape index (κ3) is 1.57. The number of aromatic amines is 1. The highest BCUT2D eigenvalue weighted by Gasteiger charge is 2.51. The van der Waals surface area contributed by atoms with Gasteiger partial charge in [-0.05, 0) is 6.92 Å². The molecule has 0 aliphatic heterocycles. The highest BCUT2D eigenvalue weighted by Crippen LogP contribution is 2.34. The lowest BCUT2D eigenvalue weighted by Gasteiger charge is -2.24. The van der Waals surface area contributed by atoms with Crippen LogP contribution in [0.5, 0.6) is 0 Å². The number of hydrogen-bond donors (Lipinski definition) is 3. The van der Waals surface area contributed by atoms with Crippen LogP contribution < -0.4 is 11.5 Å². The van der Waals surface area contributed by atoms with Crippen LogP contribution in [-0.4, -0.2) is 21.4 Å². The van der Waals surface area contributed by atoms with Gasteiger partial charge in [0.25, 0.3) is 0 Å². The van der Waals surface area contributed by atoms with E-state index in [2.05, 4.69) is 10.1 Å². The first-order valence-corrected chi connectivity index (χ1v) is 3.29. The number of alkyl halides is 3. The highest BCUT2D eigenvalue weighted by molar-refractivity contribution is 5.17. The number of hydrogen-bond acceptors (Lipinski definition) is 4. The maximum Gasteiger partial charge on any atom is 0.413 e. The fraction of sp³-hybridized carbons (Fsp3) is 0.600. The molecule has 5 nitrogen and oxygen atoms in total. The Morgan fingerprint density at radius 2 is 1.92 bits per heavy atom. The molecule has 1 unspecified atom stereocenters. The molecule has 0 bridgehead atoms. The van der Waals surface area contributed by atoms with Gasteiger partial charge in [0.05, 0.1) is 0 Å². The average Bonchev–Trinajstić information content (AvgIpc) is 2.33. The predicted octanol–water partition coefficient (Wildman–Crippen LogP) is 0.123. The van der Waals surface area contributed by atoms with Crippen LogP contribution in [0.1, 0.15) is 12.7 Å². The van der Waals surface area contributed by atoms with Gasteiger partial charge in [-0.15, -0.1) is 5.10 Å². The van der Waals surface area contributed by atoms with E-state index in [-0.39, 0.29) is 5.95 Å². The summed E-state index contributed by atoms with van der Waals surface area (Å²) in [6.45, 7) is 0.785. The predicted molar refractivity (Wildman–Crippen MR) is 38.4 cm³/mol. The lowest BCUT2D eigenvalue weighted by molar-refractivity contribution is -0.186. The van der Waals surface area contributed by atoms with E-state index in [1.165, 1.54) is 0 Å². The molecule has 0 aromatic carbocycles. The molecule has 1 atom stereocenters. The highest BCUT2D eigenvalue weighted by atomic mass is 19.4. The van der Waals surface area contributed by atoms with Gasteiger partial charge in [-0.25, -0.2) is 0 Å². The fourth-order valence-electron chi connectivity index (χ4n) is 0.641. The van der Waals surface area contributed by atoms with Crippen molar-refractivity contribution in [2.45, 2.75) is 18.6 Å². The van der Waals surface area contributed by atoms with Crippen molar-refractivity contribution in [2.24, 2.45) is 5.73 Å². The number of aromatic nitrogens is 3. The van der Waals surface area contributed by atoms with Crippen molar-refractivity contribution in [1.82, 2.24) is 15.2 Å². The van der Waals surface area contributed by atoms with Gasteiger partial charge < -0.3 is 11.5 Å². The van der Waals surface area contributed by atoms with Crippen molar-refractivity contribution in [1.29, 1.82) is 0 Å². The summed E-state index contributed by atoms with van der Waals surface area (Å²) in [5.41, 5.74) is 7.50. The van der Waals surface area contributed by atoms with Crippen molar-refractivity contribution in [3.63, 3.8) is 0 Å². The van der Waals surface area contributed by atoms with Crippen LogP contribution in [0.4, 0.5) is 19.1 Å². The van der Waals surface area contributed by atoms with E-state index in [0.29, 0.717) is 0 Å². The molecule has 0 spiro atoms. The van der Waals surface area contributed by atoms with Gasteiger partial charge in [0.1, 0.15) is 0 Å². The summed E-state index contributed by atoms with van der Waals surface area (Å²) in [6, 6.07) is 0. The molecule has 0 saturated heterocycles. The van der Waals surface area contributed by atoms with Crippen molar-refractivity contribution in [3.8, 4) is 0 Å². The summed E-state index contributed by atoms with van der Waals surface area (Å²) in [5, 5.41) is 5.28. The van der Waals surface area contributed by atoms with Crippen molar-refractivity contribution >= 4 is 5.95 Å². The summed E-state index contributed by atoms with van der Waals surface area (Å²) < 4.78 is 36.8. The first kappa shape index (κ1) is 9.78. The molecular formula is C5H8F3N5. The standard InChI is InChI=1S/C5H8F3N5/c1-4(10,5(6,7)8)2-11-3(9)13-12-2/h10H2,1H3,(H3,9,11,12,13). The van der Waals surface area contributed by atoms with Gasteiger partial charge >= 0.3 is 6.18 Å². The zero-order valence-corrected chi connectivity index (χ0v) is 6.68. The Morgan fingerprint density at radius 3 is 2.23 bits per heavy atom. The molecule has 0 amide bonds. The summed E-state index contributed by atoms with van der Waals surface area (Å²) in [5.74, 6) is -0.770. The summed E-state index contributed by atoms with van der Waals surface area (Å²) in [4.78, 5) is 3.31. The van der Waals surface area contributed by atoms with Gasteiger partial charge in [0, 0.05) is 0 Å². The number of nitrogens with one attached hydrogen (secondary N) is 1. The number of H-pyrrole nitrogens is 1. The number of rotatable bonds is 1.